The summed E-state index contributed by atoms with van der Waals surface area (Å²) in [6, 6.07) is 7.75. The van der Waals surface area contributed by atoms with Crippen molar-refractivity contribution in [3.8, 4) is 5.75 Å². The number of carboxylic acids is 1. The number of phenolic OH excluding ortho intramolecular Hbond substituents is 1. The molecule has 18 nitrogen and oxygen atoms in total. The third-order valence-corrected chi connectivity index (χ3v) is 9.22. The van der Waals surface area contributed by atoms with E-state index >= 15 is 0 Å². The summed E-state index contributed by atoms with van der Waals surface area (Å²) in [5.41, 5.74) is 5.05. The van der Waals surface area contributed by atoms with Crippen molar-refractivity contribution in [3.63, 3.8) is 0 Å². The number of benzene rings is 3. The molecule has 0 saturated carbocycles. The summed E-state index contributed by atoms with van der Waals surface area (Å²) in [5, 5.41) is 30.5. The van der Waals surface area contributed by atoms with Gasteiger partial charge in [-0.1, -0.05) is 0 Å². The zero-order valence-electron chi connectivity index (χ0n) is 25.0. The topological polar surface area (TPSA) is 274 Å². The number of aromatic nitrogens is 3. The summed E-state index contributed by atoms with van der Waals surface area (Å²) < 4.78 is 69.0. The Morgan fingerprint density at radius 1 is 0.957 bits per heavy atom. The van der Waals surface area contributed by atoms with E-state index in [0.29, 0.717) is 13.1 Å². The molecule has 248 valence electrons. The molecular weight excluding hydrogens is 658 g/mol. The van der Waals surface area contributed by atoms with Gasteiger partial charge in [0.25, 0.3) is 20.2 Å². The molecule has 2 atom stereocenters. The zero-order chi connectivity index (χ0) is 34.4. The normalized spacial score (nSPS) is 17.8. The maximum Gasteiger partial charge on any atom is 0.335 e. The minimum atomic E-state index is -5.11. The number of anilines is 4. The van der Waals surface area contributed by atoms with Crippen molar-refractivity contribution in [2.75, 3.05) is 36.1 Å². The average molecular weight is 688 g/mol. The van der Waals surface area contributed by atoms with E-state index in [1.54, 1.807) is 0 Å². The summed E-state index contributed by atoms with van der Waals surface area (Å²) in [6.45, 7) is 5.25. The number of carboxylic acid groups (broad SMARTS) is 1. The molecule has 0 spiro atoms. The van der Waals surface area contributed by atoms with Crippen LogP contribution in [0.4, 0.5) is 34.9 Å². The number of azo groups is 1. The molecule has 2 unspecified atom stereocenters. The summed E-state index contributed by atoms with van der Waals surface area (Å²) in [5.74, 6) is -2.22. The molecule has 7 N–H and O–H groups in total. The molecule has 4 aromatic rings. The molecule has 20 heteroatoms. The smallest absolute Gasteiger partial charge is 0.335 e. The monoisotopic (exact) mass is 687 g/mol. The van der Waals surface area contributed by atoms with Gasteiger partial charge in [0.1, 0.15) is 10.6 Å². The Kier molecular flexibility index (Phi) is 8.73. The molecule has 0 radical (unpaired) electrons. The van der Waals surface area contributed by atoms with Gasteiger partial charge in [-0.25, -0.2) is 4.79 Å². The first-order valence-electron chi connectivity index (χ1n) is 13.7. The predicted molar refractivity (Wildman–Crippen MR) is 169 cm³/mol. The van der Waals surface area contributed by atoms with Gasteiger partial charge in [-0.15, -0.1) is 5.11 Å². The van der Waals surface area contributed by atoms with E-state index in [2.05, 4.69) is 35.4 Å². The van der Waals surface area contributed by atoms with Crippen molar-refractivity contribution in [3.05, 3.63) is 48.0 Å². The number of likely N-dealkylation sites (N-methyl/N-ethyl adjacent to an activating group) is 1. The van der Waals surface area contributed by atoms with Gasteiger partial charge >= 0.3 is 5.97 Å². The Hall–Kier alpha value is -5.02. The van der Waals surface area contributed by atoms with Crippen LogP contribution in [0.2, 0.25) is 0 Å². The number of hydrogen-bond donors (Lipinski definition) is 6. The Morgan fingerprint density at radius 2 is 1.64 bits per heavy atom. The maximum atomic E-state index is 12.4. The summed E-state index contributed by atoms with van der Waals surface area (Å²) in [6.07, 6.45) is 0. The van der Waals surface area contributed by atoms with Gasteiger partial charge in [0.15, 0.2) is 5.75 Å². The van der Waals surface area contributed by atoms with Crippen LogP contribution in [0.1, 0.15) is 24.2 Å². The van der Waals surface area contributed by atoms with E-state index in [0.717, 1.165) is 18.2 Å². The summed E-state index contributed by atoms with van der Waals surface area (Å²) >= 11 is 0. The van der Waals surface area contributed by atoms with Gasteiger partial charge in [0.05, 0.1) is 21.8 Å². The molecule has 2 heterocycles. The van der Waals surface area contributed by atoms with Crippen molar-refractivity contribution in [2.24, 2.45) is 10.2 Å². The predicted octanol–water partition coefficient (Wildman–Crippen LogP) is 3.19. The Morgan fingerprint density at radius 3 is 2.26 bits per heavy atom. The van der Waals surface area contributed by atoms with Crippen LogP contribution in [0.5, 0.6) is 5.75 Å². The number of nitrogens with one attached hydrogen (secondary N) is 1. The van der Waals surface area contributed by atoms with Crippen LogP contribution in [0.15, 0.2) is 62.5 Å². The van der Waals surface area contributed by atoms with Crippen LogP contribution in [0, 0.1) is 0 Å². The third-order valence-electron chi connectivity index (χ3n) is 7.52. The number of rotatable bonds is 8. The molecule has 47 heavy (non-hydrogen) atoms. The fourth-order valence-electron chi connectivity index (χ4n) is 5.04. The second-order valence-corrected chi connectivity index (χ2v) is 13.7. The molecule has 1 aromatic heterocycles. The number of piperazine rings is 1. The highest BCUT2D eigenvalue weighted by atomic mass is 32.2. The lowest BCUT2D eigenvalue weighted by atomic mass is 10.1. The third kappa shape index (κ3) is 7.05. The Balaban J connectivity index is 1.68. The first-order chi connectivity index (χ1) is 21.9. The van der Waals surface area contributed by atoms with Crippen molar-refractivity contribution in [1.29, 1.82) is 0 Å². The molecule has 1 saturated heterocycles. The van der Waals surface area contributed by atoms with Crippen LogP contribution >= 0.6 is 0 Å². The van der Waals surface area contributed by atoms with Gasteiger partial charge in [-0.2, -0.15) is 36.9 Å². The van der Waals surface area contributed by atoms with E-state index in [-0.39, 0.29) is 57.6 Å². The number of nitrogens with two attached hydrogens (primary N) is 1. The van der Waals surface area contributed by atoms with Gasteiger partial charge in [0, 0.05) is 30.6 Å². The van der Waals surface area contributed by atoms with Crippen LogP contribution in [0.3, 0.4) is 0 Å². The van der Waals surface area contributed by atoms with Gasteiger partial charge < -0.3 is 26.2 Å². The van der Waals surface area contributed by atoms with E-state index in [1.807, 2.05) is 25.8 Å². The Labute approximate surface area is 268 Å². The number of nitrogens with zero attached hydrogens (tertiary/aromatic N) is 7. The van der Waals surface area contributed by atoms with Gasteiger partial charge in [0.2, 0.25) is 17.8 Å². The Bertz CT molecular complexity index is 2150. The van der Waals surface area contributed by atoms with Crippen molar-refractivity contribution in [2.45, 2.75) is 35.7 Å². The molecule has 3 aromatic carbocycles. The van der Waals surface area contributed by atoms with E-state index < -0.39 is 47.4 Å². The number of aromatic carboxylic acids is 1. The second-order valence-electron chi connectivity index (χ2n) is 10.9. The van der Waals surface area contributed by atoms with E-state index in [4.69, 9.17) is 10.8 Å². The number of aromatic hydroxyl groups is 1. The zero-order valence-corrected chi connectivity index (χ0v) is 26.6. The quantitative estimate of drug-likeness (QED) is 0.115. The highest BCUT2D eigenvalue weighted by molar-refractivity contribution is 7.86. The first-order valence-corrected chi connectivity index (χ1v) is 16.6. The number of hydrogen-bond acceptors (Lipinski definition) is 15. The summed E-state index contributed by atoms with van der Waals surface area (Å²) in [4.78, 5) is 26.4. The van der Waals surface area contributed by atoms with Crippen LogP contribution in [-0.2, 0) is 20.2 Å². The lowest BCUT2D eigenvalue weighted by Crippen LogP contribution is -2.55. The first kappa shape index (κ1) is 33.3. The maximum absolute atomic E-state index is 12.4. The molecular formula is C27H29N9O9S2. The highest BCUT2D eigenvalue weighted by Gasteiger charge is 2.30. The fraction of sp³-hybridized carbons (Fsp3) is 0.259. The highest BCUT2D eigenvalue weighted by Crippen LogP contribution is 2.45. The summed E-state index contributed by atoms with van der Waals surface area (Å²) in [7, 11) is -8.02. The molecule has 1 aliphatic rings. The molecule has 5 rings (SSSR count). The number of phenols is 1. The SMILES string of the molecule is CC1CN(c2nc(N)nc(Nc3cc(S(=O)(=O)O)cc4cc(S(=O)(=O)O)c(N=Nc5ccc(C(=O)O)cc5)c(O)c34)n2)C(C)CN1C. The lowest BCUT2D eigenvalue weighted by Gasteiger charge is -2.42. The van der Waals surface area contributed by atoms with Crippen molar-refractivity contribution >= 4 is 71.9 Å². The number of nitrogen functional groups attached to an aromatic ring is 1. The van der Waals surface area contributed by atoms with Crippen molar-refractivity contribution in [1.82, 2.24) is 19.9 Å². The van der Waals surface area contributed by atoms with E-state index in [1.165, 1.54) is 24.3 Å². The minimum absolute atomic E-state index is 0.0225. The van der Waals surface area contributed by atoms with Crippen LogP contribution in [0.25, 0.3) is 10.8 Å². The molecule has 1 aliphatic heterocycles. The second kappa shape index (κ2) is 12.3. The molecule has 0 bridgehead atoms. The molecule has 1 fully saturated rings. The fourth-order valence-corrected chi connectivity index (χ4v) is 6.24. The van der Waals surface area contributed by atoms with E-state index in [9.17, 15) is 35.8 Å². The van der Waals surface area contributed by atoms with Crippen molar-refractivity contribution < 1.29 is 40.9 Å². The standard InChI is InChI=1S/C27H29N9O9S2/c1-13-12-36(14(2)11-35(13)3)27-31-25(28)30-26(32-27)29-19-10-18(46(40,41)42)8-16-9-20(47(43,44)45)22(23(37)21(16)19)34-33-17-6-4-15(5-7-17)24(38)39/h4-10,13-14,37H,11-12H2,1-3H3,(H,38,39)(H,40,41,42)(H,43,44,45)(H3,28,29,30,31,32). The number of fused-ring (bicyclic) bond motifs is 1. The molecule has 0 amide bonds. The number of carbonyl (C=O) groups is 1. The lowest BCUT2D eigenvalue weighted by molar-refractivity contribution is 0.0696. The minimum Gasteiger partial charge on any atom is -0.505 e. The van der Waals surface area contributed by atoms with Crippen LogP contribution < -0.4 is 16.0 Å². The van der Waals surface area contributed by atoms with Gasteiger partial charge in [-0.3, -0.25) is 14.0 Å². The largest absolute Gasteiger partial charge is 0.505 e. The molecule has 0 aliphatic carbocycles. The average Bonchev–Trinajstić information content (AvgIpc) is 2.97. The van der Waals surface area contributed by atoms with Crippen LogP contribution in [-0.4, -0.2) is 94.2 Å². The van der Waals surface area contributed by atoms with Gasteiger partial charge in [-0.05, 0) is 68.7 Å².